The molecule has 1 N–H and O–H groups in total. The van der Waals surface area contributed by atoms with Gasteiger partial charge in [0.05, 0.1) is 16.7 Å². The third kappa shape index (κ3) is 6.04. The van der Waals surface area contributed by atoms with Gasteiger partial charge in [0, 0.05) is 6.20 Å². The van der Waals surface area contributed by atoms with Crippen molar-refractivity contribution in [2.45, 2.75) is 71.7 Å². The highest BCUT2D eigenvalue weighted by Gasteiger charge is 2.36. The van der Waals surface area contributed by atoms with E-state index >= 15 is 0 Å². The number of carbonyl (C=O) groups excluding carboxylic acids is 2. The SMILES string of the molecule is CC(C)C(NC(=O)OC(C)(C)C)C(=O)c1nnc(C(C)(C)c2ccc(C(F)(F)F)cn2)o1. The van der Waals surface area contributed by atoms with Crippen LogP contribution >= 0.6 is 0 Å². The zero-order valence-corrected chi connectivity index (χ0v) is 19.0. The molecule has 0 aromatic carbocycles. The Morgan fingerprint density at radius 3 is 2.16 bits per heavy atom. The van der Waals surface area contributed by atoms with Gasteiger partial charge in [0.25, 0.3) is 5.89 Å². The Morgan fingerprint density at radius 2 is 1.69 bits per heavy atom. The number of ether oxygens (including phenoxy) is 1. The van der Waals surface area contributed by atoms with Crippen molar-refractivity contribution in [2.75, 3.05) is 0 Å². The van der Waals surface area contributed by atoms with Crippen LogP contribution in [0.25, 0.3) is 0 Å². The molecule has 1 amide bonds. The number of halogens is 3. The number of alkyl carbamates (subject to hydrolysis) is 1. The second-order valence-corrected chi connectivity index (χ2v) is 9.20. The van der Waals surface area contributed by atoms with E-state index in [1.165, 1.54) is 6.07 Å². The van der Waals surface area contributed by atoms with Gasteiger partial charge >= 0.3 is 12.3 Å². The summed E-state index contributed by atoms with van der Waals surface area (Å²) in [5, 5.41) is 10.2. The Labute approximate surface area is 184 Å². The van der Waals surface area contributed by atoms with E-state index in [4.69, 9.17) is 9.15 Å². The van der Waals surface area contributed by atoms with E-state index in [0.29, 0.717) is 0 Å². The van der Waals surface area contributed by atoms with Gasteiger partial charge in [-0.25, -0.2) is 4.79 Å². The van der Waals surface area contributed by atoms with E-state index in [9.17, 15) is 22.8 Å². The highest BCUT2D eigenvalue weighted by molar-refractivity contribution is 5.98. The van der Waals surface area contributed by atoms with Crippen molar-refractivity contribution >= 4 is 11.9 Å². The molecule has 176 valence electrons. The lowest BCUT2D eigenvalue weighted by Crippen LogP contribution is -2.46. The third-order valence-electron chi connectivity index (χ3n) is 4.52. The molecule has 0 saturated heterocycles. The van der Waals surface area contributed by atoms with E-state index in [0.717, 1.165) is 12.3 Å². The molecule has 2 rings (SSSR count). The number of hydrogen-bond acceptors (Lipinski definition) is 7. The zero-order valence-electron chi connectivity index (χ0n) is 19.0. The Balaban J connectivity index is 2.25. The van der Waals surface area contributed by atoms with Gasteiger partial charge in [0.1, 0.15) is 11.6 Å². The molecule has 0 radical (unpaired) electrons. The molecule has 11 heteroatoms. The smallest absolute Gasteiger partial charge is 0.417 e. The van der Waals surface area contributed by atoms with Gasteiger partial charge in [-0.15, -0.1) is 10.2 Å². The maximum atomic E-state index is 12.9. The summed E-state index contributed by atoms with van der Waals surface area (Å²) in [5.74, 6) is -1.27. The lowest BCUT2D eigenvalue weighted by Gasteiger charge is -2.24. The molecule has 2 heterocycles. The van der Waals surface area contributed by atoms with E-state index in [-0.39, 0.29) is 23.4 Å². The molecule has 0 aliphatic carbocycles. The average Bonchev–Trinajstić information content (AvgIpc) is 3.14. The topological polar surface area (TPSA) is 107 Å². The molecular weight excluding hydrogens is 429 g/mol. The number of amides is 1. The normalized spacial score (nSPS) is 13.7. The first-order valence-electron chi connectivity index (χ1n) is 9.94. The minimum atomic E-state index is -4.51. The molecule has 1 unspecified atom stereocenters. The fourth-order valence-electron chi connectivity index (χ4n) is 2.72. The van der Waals surface area contributed by atoms with Gasteiger partial charge in [-0.2, -0.15) is 13.2 Å². The van der Waals surface area contributed by atoms with E-state index < -0.39 is 40.7 Å². The Kier molecular flexibility index (Phi) is 7.01. The molecular formula is C21H27F3N4O4. The Morgan fingerprint density at radius 1 is 1.06 bits per heavy atom. The summed E-state index contributed by atoms with van der Waals surface area (Å²) in [6.07, 6.45) is -4.55. The first-order chi connectivity index (χ1) is 14.5. The predicted molar refractivity (Wildman–Crippen MR) is 108 cm³/mol. The number of hydrogen-bond donors (Lipinski definition) is 1. The molecule has 0 spiro atoms. The van der Waals surface area contributed by atoms with Crippen LogP contribution in [0, 0.1) is 5.92 Å². The monoisotopic (exact) mass is 456 g/mol. The number of Topliss-reactive ketones (excluding diaryl/α,β-unsaturated/α-hetero) is 1. The number of nitrogens with one attached hydrogen (secondary N) is 1. The van der Waals surface area contributed by atoms with Crippen molar-refractivity contribution in [1.82, 2.24) is 20.5 Å². The molecule has 0 aliphatic rings. The molecule has 0 fully saturated rings. The number of ketones is 1. The molecule has 0 bridgehead atoms. The van der Waals surface area contributed by atoms with Crippen LogP contribution in [0.15, 0.2) is 22.7 Å². The van der Waals surface area contributed by atoms with Crippen molar-refractivity contribution in [3.8, 4) is 0 Å². The quantitative estimate of drug-likeness (QED) is 0.636. The van der Waals surface area contributed by atoms with Gasteiger partial charge in [-0.05, 0) is 52.7 Å². The summed E-state index contributed by atoms with van der Waals surface area (Å²) in [7, 11) is 0. The van der Waals surface area contributed by atoms with E-state index in [1.807, 2.05) is 0 Å². The lowest BCUT2D eigenvalue weighted by atomic mass is 9.88. The van der Waals surface area contributed by atoms with Crippen molar-refractivity contribution < 1.29 is 31.9 Å². The van der Waals surface area contributed by atoms with Crippen molar-refractivity contribution in [3.63, 3.8) is 0 Å². The second-order valence-electron chi connectivity index (χ2n) is 9.20. The fraction of sp³-hybridized carbons (Fsp3) is 0.571. The van der Waals surface area contributed by atoms with Crippen LogP contribution in [0.3, 0.4) is 0 Å². The summed E-state index contributed by atoms with van der Waals surface area (Å²) in [4.78, 5) is 28.9. The van der Waals surface area contributed by atoms with Crippen LogP contribution < -0.4 is 5.32 Å². The number of carbonyl (C=O) groups is 2. The molecule has 2 aromatic heterocycles. The van der Waals surface area contributed by atoms with Crippen LogP contribution in [-0.2, 0) is 16.3 Å². The second kappa shape index (κ2) is 8.87. The lowest BCUT2D eigenvalue weighted by molar-refractivity contribution is -0.137. The molecule has 0 saturated carbocycles. The van der Waals surface area contributed by atoms with Gasteiger partial charge in [-0.1, -0.05) is 13.8 Å². The summed E-state index contributed by atoms with van der Waals surface area (Å²) in [5.41, 5.74) is -2.45. The minimum Gasteiger partial charge on any atom is -0.444 e. The van der Waals surface area contributed by atoms with Gasteiger partial charge < -0.3 is 14.5 Å². The van der Waals surface area contributed by atoms with Gasteiger partial charge in [0.15, 0.2) is 0 Å². The number of nitrogens with zero attached hydrogens (tertiary/aromatic N) is 3. The molecule has 2 aromatic rings. The molecule has 1 atom stereocenters. The first kappa shape index (κ1) is 25.3. The van der Waals surface area contributed by atoms with Crippen LogP contribution in [-0.4, -0.2) is 38.7 Å². The highest BCUT2D eigenvalue weighted by Crippen LogP contribution is 2.33. The largest absolute Gasteiger partial charge is 0.444 e. The molecule has 32 heavy (non-hydrogen) atoms. The number of aromatic nitrogens is 3. The summed E-state index contributed by atoms with van der Waals surface area (Å²) < 4.78 is 49.1. The molecule has 0 aliphatic heterocycles. The van der Waals surface area contributed by atoms with Crippen LogP contribution in [0.1, 0.15) is 76.3 Å². The summed E-state index contributed by atoms with van der Waals surface area (Å²) >= 11 is 0. The predicted octanol–water partition coefficient (Wildman–Crippen LogP) is 4.54. The van der Waals surface area contributed by atoms with Crippen LogP contribution in [0.4, 0.5) is 18.0 Å². The van der Waals surface area contributed by atoms with Crippen LogP contribution in [0.2, 0.25) is 0 Å². The number of alkyl halides is 3. The summed E-state index contributed by atoms with van der Waals surface area (Å²) in [6, 6.07) is 1.15. The van der Waals surface area contributed by atoms with Crippen molar-refractivity contribution in [3.05, 3.63) is 41.4 Å². The minimum absolute atomic E-state index is 0.00659. The maximum Gasteiger partial charge on any atom is 0.417 e. The highest BCUT2D eigenvalue weighted by atomic mass is 19.4. The van der Waals surface area contributed by atoms with Crippen LogP contribution in [0.5, 0.6) is 0 Å². The van der Waals surface area contributed by atoms with E-state index in [1.54, 1.807) is 48.5 Å². The zero-order chi connectivity index (χ0) is 24.5. The summed E-state index contributed by atoms with van der Waals surface area (Å²) in [6.45, 7) is 11.8. The van der Waals surface area contributed by atoms with Gasteiger partial charge in [0.2, 0.25) is 11.7 Å². The average molecular weight is 456 g/mol. The number of rotatable bonds is 6. The fourth-order valence-corrected chi connectivity index (χ4v) is 2.72. The van der Waals surface area contributed by atoms with E-state index in [2.05, 4.69) is 20.5 Å². The number of pyridine rings is 1. The maximum absolute atomic E-state index is 12.9. The van der Waals surface area contributed by atoms with Crippen molar-refractivity contribution in [2.24, 2.45) is 5.92 Å². The standard InChI is InChI=1S/C21H27F3N4O4/c1-11(2)14(26-18(30)32-19(3,4)5)15(29)16-27-28-17(31-16)20(6,7)13-9-8-12(10-25-13)21(22,23)24/h8-11,14H,1-7H3,(H,26,30). The van der Waals surface area contributed by atoms with Gasteiger partial charge in [-0.3, -0.25) is 9.78 Å². The third-order valence-corrected chi connectivity index (χ3v) is 4.52. The Bertz CT molecular complexity index is 961. The Hall–Kier alpha value is -2.98. The first-order valence-corrected chi connectivity index (χ1v) is 9.94. The van der Waals surface area contributed by atoms with Crippen molar-refractivity contribution in [1.29, 1.82) is 0 Å². The molecule has 8 nitrogen and oxygen atoms in total.